The normalized spacial score (nSPS) is 36.8. The second-order valence-corrected chi connectivity index (χ2v) is 6.16. The van der Waals surface area contributed by atoms with E-state index in [1.165, 1.54) is 25.3 Å². The van der Waals surface area contributed by atoms with Crippen LogP contribution in [-0.2, 0) is 19.0 Å². The zero-order valence-corrected chi connectivity index (χ0v) is 13.5. The van der Waals surface area contributed by atoms with Crippen molar-refractivity contribution >= 4 is 11.9 Å². The Labute approximate surface area is 142 Å². The van der Waals surface area contributed by atoms with E-state index in [0.717, 1.165) is 13.4 Å². The Morgan fingerprint density at radius 3 is 2.60 bits per heavy atom. The topological polar surface area (TPSA) is 136 Å². The molecule has 136 valence electrons. The highest BCUT2D eigenvalue weighted by molar-refractivity contribution is 5.90. The molecule has 1 aromatic rings. The van der Waals surface area contributed by atoms with Crippen LogP contribution in [-0.4, -0.2) is 58.5 Å². The summed E-state index contributed by atoms with van der Waals surface area (Å²) in [5.74, 6) is -3.91. The zero-order chi connectivity index (χ0) is 18.4. The van der Waals surface area contributed by atoms with Crippen LogP contribution in [0, 0.1) is 11.8 Å². The first-order valence-corrected chi connectivity index (χ1v) is 7.56. The molecule has 0 aromatic carbocycles. The molecule has 0 spiro atoms. The maximum atomic E-state index is 12.2. The molecule has 1 unspecified atom stereocenters. The van der Waals surface area contributed by atoms with Gasteiger partial charge in [-0.15, -0.1) is 0 Å². The minimum absolute atomic E-state index is 0.0631. The van der Waals surface area contributed by atoms with Crippen molar-refractivity contribution in [2.45, 2.75) is 31.0 Å². The van der Waals surface area contributed by atoms with Crippen molar-refractivity contribution in [3.63, 3.8) is 0 Å². The fraction of sp³-hybridized carbons (Fsp3) is 0.500. The van der Waals surface area contributed by atoms with Gasteiger partial charge in [0.25, 0.3) is 0 Å². The van der Waals surface area contributed by atoms with E-state index < -0.39 is 47.9 Å². The van der Waals surface area contributed by atoms with Crippen molar-refractivity contribution in [1.29, 1.82) is 0 Å². The van der Waals surface area contributed by atoms with Crippen molar-refractivity contribution < 1.29 is 43.5 Å². The third kappa shape index (κ3) is 2.70. The molecule has 0 saturated heterocycles. The van der Waals surface area contributed by atoms with E-state index in [-0.39, 0.29) is 11.3 Å². The van der Waals surface area contributed by atoms with Gasteiger partial charge in [-0.25, -0.2) is 9.59 Å². The van der Waals surface area contributed by atoms with Crippen LogP contribution < -0.4 is 0 Å². The SMILES string of the molecule is COC(=O)C1=COC(O)[C@H]2[C@@H]1[C@H](OC(=O)c1ccco1)[C@H](O)[C@]2(C)O. The number of esters is 2. The highest BCUT2D eigenvalue weighted by Crippen LogP contribution is 2.49. The largest absolute Gasteiger partial charge is 0.472 e. The first kappa shape index (κ1) is 17.5. The van der Waals surface area contributed by atoms with E-state index in [1.54, 1.807) is 0 Å². The Balaban J connectivity index is 1.98. The Kier molecular flexibility index (Phi) is 4.31. The van der Waals surface area contributed by atoms with Crippen LogP contribution in [0.3, 0.4) is 0 Å². The minimum Gasteiger partial charge on any atom is -0.472 e. The van der Waals surface area contributed by atoms with Crippen molar-refractivity contribution in [2.24, 2.45) is 11.8 Å². The smallest absolute Gasteiger partial charge is 0.374 e. The molecule has 6 atom stereocenters. The van der Waals surface area contributed by atoms with Gasteiger partial charge in [0.1, 0.15) is 17.8 Å². The Bertz CT molecular complexity index is 690. The van der Waals surface area contributed by atoms with Gasteiger partial charge in [-0.3, -0.25) is 0 Å². The number of furan rings is 1. The number of hydrogen-bond acceptors (Lipinski definition) is 9. The molecule has 9 heteroatoms. The lowest BCUT2D eigenvalue weighted by Gasteiger charge is -2.36. The number of aliphatic hydroxyl groups excluding tert-OH is 2. The molecule has 1 aromatic heterocycles. The second-order valence-electron chi connectivity index (χ2n) is 6.16. The van der Waals surface area contributed by atoms with Gasteiger partial charge in [0.05, 0.1) is 31.1 Å². The quantitative estimate of drug-likeness (QED) is 0.618. The summed E-state index contributed by atoms with van der Waals surface area (Å²) in [6.07, 6.45) is -2.14. The van der Waals surface area contributed by atoms with Crippen LogP contribution in [0.25, 0.3) is 0 Å². The molecule has 1 aliphatic heterocycles. The number of methoxy groups -OCH3 is 1. The molecule has 0 amide bonds. The lowest BCUT2D eigenvalue weighted by Crippen LogP contribution is -2.48. The van der Waals surface area contributed by atoms with Crippen LogP contribution in [0.5, 0.6) is 0 Å². The van der Waals surface area contributed by atoms with Gasteiger partial charge in [-0.05, 0) is 19.1 Å². The Morgan fingerprint density at radius 2 is 2.00 bits per heavy atom. The average molecular weight is 354 g/mol. The molecule has 9 nitrogen and oxygen atoms in total. The highest BCUT2D eigenvalue weighted by atomic mass is 16.6. The molecule has 2 aliphatic rings. The maximum Gasteiger partial charge on any atom is 0.374 e. The van der Waals surface area contributed by atoms with Crippen molar-refractivity contribution in [3.05, 3.63) is 36.0 Å². The third-order valence-corrected chi connectivity index (χ3v) is 4.71. The Morgan fingerprint density at radius 1 is 1.28 bits per heavy atom. The van der Waals surface area contributed by atoms with E-state index in [4.69, 9.17) is 13.9 Å². The summed E-state index contributed by atoms with van der Waals surface area (Å²) in [6.45, 7) is 1.27. The van der Waals surface area contributed by atoms with Gasteiger partial charge >= 0.3 is 11.9 Å². The molecule has 1 fully saturated rings. The number of rotatable bonds is 3. The van der Waals surface area contributed by atoms with Crippen molar-refractivity contribution in [2.75, 3.05) is 7.11 Å². The molecular weight excluding hydrogens is 336 g/mol. The number of hydrogen-bond donors (Lipinski definition) is 3. The maximum absolute atomic E-state index is 12.2. The van der Waals surface area contributed by atoms with E-state index in [2.05, 4.69) is 4.74 Å². The monoisotopic (exact) mass is 354 g/mol. The summed E-state index contributed by atoms with van der Waals surface area (Å²) < 4.78 is 19.9. The van der Waals surface area contributed by atoms with Crippen LogP contribution in [0.2, 0.25) is 0 Å². The van der Waals surface area contributed by atoms with Gasteiger partial charge in [-0.1, -0.05) is 0 Å². The first-order chi connectivity index (χ1) is 11.8. The van der Waals surface area contributed by atoms with Crippen LogP contribution in [0.15, 0.2) is 34.6 Å². The lowest BCUT2D eigenvalue weighted by atomic mass is 9.81. The number of fused-ring (bicyclic) bond motifs is 1. The first-order valence-electron chi connectivity index (χ1n) is 7.56. The van der Waals surface area contributed by atoms with Crippen LogP contribution in [0.4, 0.5) is 0 Å². The lowest BCUT2D eigenvalue weighted by molar-refractivity contribution is -0.179. The number of aliphatic hydroxyl groups is 3. The van der Waals surface area contributed by atoms with Gasteiger partial charge < -0.3 is 33.9 Å². The van der Waals surface area contributed by atoms with E-state index in [0.29, 0.717) is 0 Å². The molecule has 1 aliphatic carbocycles. The zero-order valence-electron chi connectivity index (χ0n) is 13.5. The number of carbonyl (C=O) groups is 2. The molecule has 0 bridgehead atoms. The van der Waals surface area contributed by atoms with E-state index in [1.807, 2.05) is 0 Å². The van der Waals surface area contributed by atoms with Crippen molar-refractivity contribution in [3.8, 4) is 0 Å². The van der Waals surface area contributed by atoms with Gasteiger partial charge in [0.2, 0.25) is 12.1 Å². The van der Waals surface area contributed by atoms with E-state index >= 15 is 0 Å². The third-order valence-electron chi connectivity index (χ3n) is 4.71. The molecule has 3 N–H and O–H groups in total. The Hall–Kier alpha value is -2.36. The minimum atomic E-state index is -1.88. The van der Waals surface area contributed by atoms with Gasteiger partial charge in [0.15, 0.2) is 0 Å². The summed E-state index contributed by atoms with van der Waals surface area (Å²) in [4.78, 5) is 24.2. The molecule has 0 radical (unpaired) electrons. The second kappa shape index (κ2) is 6.17. The predicted molar refractivity (Wildman–Crippen MR) is 78.7 cm³/mol. The number of carbonyl (C=O) groups excluding carboxylic acids is 2. The molecule has 2 heterocycles. The summed E-state index contributed by atoms with van der Waals surface area (Å²) >= 11 is 0. The summed E-state index contributed by atoms with van der Waals surface area (Å²) in [5.41, 5.74) is -1.95. The molecule has 25 heavy (non-hydrogen) atoms. The standard InChI is InChI=1S/C16H18O9/c1-16(21)10-9(7(13(18)22-2)6-24-15(10)20)11(12(16)17)25-14(19)8-4-3-5-23-8/h3-6,9-12,15,17,20-21H,1-2H3/t9-,10-,11+,12+,15?,16-/m1/s1. The molecule has 3 rings (SSSR count). The predicted octanol–water partition coefficient (Wildman–Crippen LogP) is -0.432. The fourth-order valence-corrected chi connectivity index (χ4v) is 3.45. The average Bonchev–Trinajstić information content (AvgIpc) is 3.17. The van der Waals surface area contributed by atoms with Crippen molar-refractivity contribution in [1.82, 2.24) is 0 Å². The van der Waals surface area contributed by atoms with E-state index in [9.17, 15) is 24.9 Å². The van der Waals surface area contributed by atoms with Crippen LogP contribution in [0.1, 0.15) is 17.5 Å². The number of ether oxygens (including phenoxy) is 3. The van der Waals surface area contributed by atoms with Crippen LogP contribution >= 0.6 is 0 Å². The van der Waals surface area contributed by atoms with Gasteiger partial charge in [0, 0.05) is 5.92 Å². The van der Waals surface area contributed by atoms with Gasteiger partial charge in [-0.2, -0.15) is 0 Å². The molecular formula is C16H18O9. The summed E-state index contributed by atoms with van der Waals surface area (Å²) in [5, 5.41) is 31.2. The molecule has 1 saturated carbocycles. The fourth-order valence-electron chi connectivity index (χ4n) is 3.45. The summed E-state index contributed by atoms with van der Waals surface area (Å²) in [6, 6.07) is 2.85. The highest BCUT2D eigenvalue weighted by Gasteiger charge is 2.64. The summed E-state index contributed by atoms with van der Waals surface area (Å²) in [7, 11) is 1.15.